The van der Waals surface area contributed by atoms with Crippen LogP contribution in [0.25, 0.3) is 0 Å². The van der Waals surface area contributed by atoms with Crippen LogP contribution in [-0.2, 0) is 14.8 Å². The Morgan fingerprint density at radius 1 is 1.14 bits per heavy atom. The minimum atomic E-state index is -3.60. The molecule has 2 aliphatic rings. The lowest BCUT2D eigenvalue weighted by Gasteiger charge is -2.37. The number of hydrogen-bond acceptors (Lipinski definition) is 4. The van der Waals surface area contributed by atoms with Crippen molar-refractivity contribution < 1.29 is 13.2 Å². The zero-order valence-electron chi connectivity index (χ0n) is 12.0. The third-order valence-corrected chi connectivity index (χ3v) is 6.88. The Bertz CT molecular complexity index is 695. The molecule has 1 amide bonds. The third kappa shape index (κ3) is 2.52. The van der Waals surface area contributed by atoms with E-state index in [9.17, 15) is 13.2 Å². The van der Waals surface area contributed by atoms with Gasteiger partial charge >= 0.3 is 0 Å². The number of rotatable bonds is 4. The second kappa shape index (κ2) is 5.49. The van der Waals surface area contributed by atoms with Gasteiger partial charge in [0.2, 0.25) is 15.9 Å². The molecule has 0 atom stereocenters. The van der Waals surface area contributed by atoms with Crippen LogP contribution in [-0.4, -0.2) is 55.2 Å². The first-order valence-electron chi connectivity index (χ1n) is 7.17. The van der Waals surface area contributed by atoms with E-state index in [0.29, 0.717) is 26.2 Å². The average molecular weight is 344 g/mol. The van der Waals surface area contributed by atoms with Crippen molar-refractivity contribution in [2.75, 3.05) is 26.2 Å². The third-order valence-electron chi connectivity index (χ3n) is 4.48. The summed E-state index contributed by atoms with van der Waals surface area (Å²) < 4.78 is 26.7. The van der Waals surface area contributed by atoms with Crippen molar-refractivity contribution >= 4 is 27.5 Å². The highest BCUT2D eigenvalue weighted by Gasteiger charge is 2.54. The minimum absolute atomic E-state index is 0.126. The van der Waals surface area contributed by atoms with Crippen LogP contribution in [0.5, 0.6) is 0 Å². The Hall–Kier alpha value is -1.15. The monoisotopic (exact) mass is 343 g/mol. The van der Waals surface area contributed by atoms with E-state index >= 15 is 0 Å². The van der Waals surface area contributed by atoms with Gasteiger partial charge in [0, 0.05) is 26.2 Å². The molecular formula is C14H18ClN3O3S. The Morgan fingerprint density at radius 2 is 1.73 bits per heavy atom. The van der Waals surface area contributed by atoms with Crippen LogP contribution in [0.15, 0.2) is 29.2 Å². The van der Waals surface area contributed by atoms with Crippen LogP contribution in [0.2, 0.25) is 5.02 Å². The Labute approximate surface area is 134 Å². The van der Waals surface area contributed by atoms with E-state index in [0.717, 1.165) is 12.8 Å². The maximum absolute atomic E-state index is 12.6. The second-order valence-electron chi connectivity index (χ2n) is 5.72. The summed E-state index contributed by atoms with van der Waals surface area (Å²) in [6.45, 7) is 1.68. The molecule has 1 aliphatic carbocycles. The first-order valence-corrected chi connectivity index (χ1v) is 8.99. The smallest absolute Gasteiger partial charge is 0.244 e. The van der Waals surface area contributed by atoms with Crippen molar-refractivity contribution in [1.29, 1.82) is 0 Å². The number of benzene rings is 1. The number of amides is 1. The SMILES string of the molecule is NC(=O)C1(N2CCN(S(=O)(=O)c3ccccc3Cl)CC2)CC1. The summed E-state index contributed by atoms with van der Waals surface area (Å²) in [5, 5.41) is 0.223. The van der Waals surface area contributed by atoms with Crippen molar-refractivity contribution in [3.8, 4) is 0 Å². The summed E-state index contributed by atoms with van der Waals surface area (Å²) in [6, 6.07) is 6.43. The van der Waals surface area contributed by atoms with Crippen molar-refractivity contribution in [2.45, 2.75) is 23.3 Å². The number of carbonyl (C=O) groups is 1. The van der Waals surface area contributed by atoms with Crippen molar-refractivity contribution in [3.05, 3.63) is 29.3 Å². The van der Waals surface area contributed by atoms with Crippen LogP contribution in [0, 0.1) is 0 Å². The molecule has 1 aromatic rings. The number of nitrogens with zero attached hydrogens (tertiary/aromatic N) is 2. The molecule has 1 aromatic carbocycles. The van der Waals surface area contributed by atoms with Crippen LogP contribution < -0.4 is 5.73 Å². The molecule has 8 heteroatoms. The highest BCUT2D eigenvalue weighted by molar-refractivity contribution is 7.89. The van der Waals surface area contributed by atoms with E-state index in [1.807, 2.05) is 4.90 Å². The summed E-state index contributed by atoms with van der Waals surface area (Å²) >= 11 is 6.00. The fourth-order valence-electron chi connectivity index (χ4n) is 2.99. The van der Waals surface area contributed by atoms with Gasteiger partial charge in [-0.2, -0.15) is 4.31 Å². The zero-order valence-corrected chi connectivity index (χ0v) is 13.6. The highest BCUT2D eigenvalue weighted by Crippen LogP contribution is 2.42. The number of sulfonamides is 1. The lowest BCUT2D eigenvalue weighted by atomic mass is 10.2. The van der Waals surface area contributed by atoms with Gasteiger partial charge in [-0.15, -0.1) is 0 Å². The standard InChI is InChI=1S/C14H18ClN3O3S/c15-11-3-1-2-4-12(11)22(20,21)18-9-7-17(8-10-18)14(5-6-14)13(16)19/h1-4H,5-10H2,(H2,16,19). The van der Waals surface area contributed by atoms with Gasteiger partial charge in [-0.3, -0.25) is 9.69 Å². The second-order valence-corrected chi connectivity index (χ2v) is 8.03. The molecule has 1 saturated heterocycles. The molecular weight excluding hydrogens is 326 g/mol. The van der Waals surface area contributed by atoms with Crippen LogP contribution in [0.1, 0.15) is 12.8 Å². The number of halogens is 1. The first-order chi connectivity index (χ1) is 10.4. The quantitative estimate of drug-likeness (QED) is 0.870. The van der Waals surface area contributed by atoms with Gasteiger partial charge in [-0.25, -0.2) is 8.42 Å². The number of carbonyl (C=O) groups excluding carboxylic acids is 1. The molecule has 0 unspecified atom stereocenters. The fraction of sp³-hybridized carbons (Fsp3) is 0.500. The Kier molecular flexibility index (Phi) is 3.92. The number of hydrogen-bond donors (Lipinski definition) is 1. The fourth-order valence-corrected chi connectivity index (χ4v) is 4.90. The molecule has 0 aromatic heterocycles. The molecule has 1 heterocycles. The molecule has 6 nitrogen and oxygen atoms in total. The summed E-state index contributed by atoms with van der Waals surface area (Å²) in [5.41, 5.74) is 4.92. The van der Waals surface area contributed by atoms with Crippen LogP contribution in [0.3, 0.4) is 0 Å². The summed E-state index contributed by atoms with van der Waals surface area (Å²) in [7, 11) is -3.60. The first kappa shape index (κ1) is 15.7. The number of nitrogens with two attached hydrogens (primary N) is 1. The molecule has 2 fully saturated rings. The summed E-state index contributed by atoms with van der Waals surface area (Å²) in [5.74, 6) is -0.310. The molecule has 1 saturated carbocycles. The molecule has 0 radical (unpaired) electrons. The maximum Gasteiger partial charge on any atom is 0.244 e. The van der Waals surface area contributed by atoms with Crippen molar-refractivity contribution in [2.24, 2.45) is 5.73 Å². The topological polar surface area (TPSA) is 83.7 Å². The van der Waals surface area contributed by atoms with Gasteiger partial charge in [0.05, 0.1) is 5.02 Å². The predicted molar refractivity (Wildman–Crippen MR) is 82.9 cm³/mol. The summed E-state index contributed by atoms with van der Waals surface area (Å²) in [6.07, 6.45) is 1.53. The number of piperazine rings is 1. The van der Waals surface area contributed by atoms with Gasteiger partial charge in [0.25, 0.3) is 0 Å². The van der Waals surface area contributed by atoms with Crippen LogP contribution >= 0.6 is 11.6 Å². The van der Waals surface area contributed by atoms with Gasteiger partial charge < -0.3 is 5.73 Å². The normalized spacial score (nSPS) is 22.4. The molecule has 3 rings (SSSR count). The van der Waals surface area contributed by atoms with E-state index in [1.54, 1.807) is 18.2 Å². The highest BCUT2D eigenvalue weighted by atomic mass is 35.5. The zero-order chi connectivity index (χ0) is 16.0. The summed E-state index contributed by atoms with van der Waals surface area (Å²) in [4.78, 5) is 13.7. The van der Waals surface area contributed by atoms with Gasteiger partial charge in [0.1, 0.15) is 10.4 Å². The van der Waals surface area contributed by atoms with E-state index in [4.69, 9.17) is 17.3 Å². The Balaban J connectivity index is 1.74. The predicted octanol–water partition coefficient (Wildman–Crippen LogP) is 0.664. The molecule has 0 spiro atoms. The van der Waals surface area contributed by atoms with Crippen LogP contribution in [0.4, 0.5) is 0 Å². The number of primary amides is 1. The van der Waals surface area contributed by atoms with Gasteiger partial charge in [0.15, 0.2) is 0 Å². The minimum Gasteiger partial charge on any atom is -0.368 e. The molecule has 120 valence electrons. The van der Waals surface area contributed by atoms with E-state index < -0.39 is 15.6 Å². The van der Waals surface area contributed by atoms with Crippen molar-refractivity contribution in [1.82, 2.24) is 9.21 Å². The van der Waals surface area contributed by atoms with E-state index in [-0.39, 0.29) is 15.8 Å². The van der Waals surface area contributed by atoms with Gasteiger partial charge in [-0.1, -0.05) is 23.7 Å². The van der Waals surface area contributed by atoms with Gasteiger partial charge in [-0.05, 0) is 25.0 Å². The lowest BCUT2D eigenvalue weighted by molar-refractivity contribution is -0.125. The molecule has 0 bridgehead atoms. The lowest BCUT2D eigenvalue weighted by Crippen LogP contribution is -2.56. The van der Waals surface area contributed by atoms with E-state index in [1.165, 1.54) is 10.4 Å². The van der Waals surface area contributed by atoms with E-state index in [2.05, 4.69) is 0 Å². The molecule has 2 N–H and O–H groups in total. The largest absolute Gasteiger partial charge is 0.368 e. The van der Waals surface area contributed by atoms with Crippen molar-refractivity contribution in [3.63, 3.8) is 0 Å². The molecule has 22 heavy (non-hydrogen) atoms. The molecule has 1 aliphatic heterocycles. The maximum atomic E-state index is 12.6. The average Bonchev–Trinajstić information content (AvgIpc) is 3.29. The Morgan fingerprint density at radius 3 is 2.23 bits per heavy atom.